The number of pyridine rings is 1. The molecule has 0 unspecified atom stereocenters. The molecule has 27 heavy (non-hydrogen) atoms. The number of aromatic nitrogens is 1. The Hall–Kier alpha value is -2.33. The van der Waals surface area contributed by atoms with E-state index in [1.807, 2.05) is 30.0 Å². The van der Waals surface area contributed by atoms with Crippen LogP contribution in [-0.4, -0.2) is 21.8 Å². The summed E-state index contributed by atoms with van der Waals surface area (Å²) in [5, 5.41) is 1.51. The minimum atomic E-state index is -0.0766. The number of benzene rings is 1. The average Bonchev–Trinajstić information content (AvgIpc) is 3.22. The third-order valence-corrected chi connectivity index (χ3v) is 5.75. The molecule has 1 fully saturated rings. The van der Waals surface area contributed by atoms with Gasteiger partial charge in [0, 0.05) is 23.5 Å². The van der Waals surface area contributed by atoms with Crippen molar-refractivity contribution < 1.29 is 9.21 Å². The zero-order valence-corrected chi connectivity index (χ0v) is 16.2. The van der Waals surface area contributed by atoms with Crippen LogP contribution in [0, 0.1) is 6.92 Å². The summed E-state index contributed by atoms with van der Waals surface area (Å²) in [6.07, 6.45) is 7.11. The fourth-order valence-corrected chi connectivity index (χ4v) is 4.16. The first-order valence-corrected chi connectivity index (χ1v) is 9.90. The van der Waals surface area contributed by atoms with Crippen LogP contribution in [-0.2, 0) is 6.54 Å². The summed E-state index contributed by atoms with van der Waals surface area (Å²) in [4.78, 5) is 19.6. The Bertz CT molecular complexity index is 946. The van der Waals surface area contributed by atoms with Gasteiger partial charge in [-0.05, 0) is 43.5 Å². The summed E-state index contributed by atoms with van der Waals surface area (Å²) >= 11 is 6.52. The lowest BCUT2D eigenvalue weighted by molar-refractivity contribution is 0.0581. The molecule has 0 aliphatic heterocycles. The van der Waals surface area contributed by atoms with Crippen LogP contribution in [0.25, 0.3) is 10.9 Å². The van der Waals surface area contributed by atoms with Gasteiger partial charge in [0.1, 0.15) is 5.15 Å². The van der Waals surface area contributed by atoms with Crippen LogP contribution in [0.1, 0.15) is 53.8 Å². The summed E-state index contributed by atoms with van der Waals surface area (Å²) in [7, 11) is 0. The van der Waals surface area contributed by atoms with Gasteiger partial charge in [0.25, 0.3) is 5.91 Å². The molecular weight excluding hydrogens is 360 g/mol. The third-order valence-electron chi connectivity index (χ3n) is 5.42. The van der Waals surface area contributed by atoms with E-state index in [0.29, 0.717) is 17.5 Å². The van der Waals surface area contributed by atoms with Gasteiger partial charge in [0.15, 0.2) is 5.76 Å². The minimum Gasteiger partial charge on any atom is -0.459 e. The second-order valence-corrected chi connectivity index (χ2v) is 7.65. The number of carbonyl (C=O) groups excluding carboxylic acids is 1. The molecule has 3 aromatic rings. The highest BCUT2D eigenvalue weighted by atomic mass is 35.5. The lowest BCUT2D eigenvalue weighted by Crippen LogP contribution is -2.41. The summed E-state index contributed by atoms with van der Waals surface area (Å²) in [5.41, 5.74) is 2.88. The highest BCUT2D eigenvalue weighted by Crippen LogP contribution is 2.29. The molecule has 0 saturated heterocycles. The van der Waals surface area contributed by atoms with Gasteiger partial charge < -0.3 is 9.32 Å². The topological polar surface area (TPSA) is 46.3 Å². The van der Waals surface area contributed by atoms with Crippen molar-refractivity contribution in [1.29, 1.82) is 0 Å². The Morgan fingerprint density at radius 1 is 1.22 bits per heavy atom. The number of hydrogen-bond acceptors (Lipinski definition) is 3. The normalized spacial score (nSPS) is 15.2. The summed E-state index contributed by atoms with van der Waals surface area (Å²) in [5.74, 6) is 0.300. The Morgan fingerprint density at radius 3 is 2.78 bits per heavy atom. The number of nitrogens with zero attached hydrogens (tertiary/aromatic N) is 2. The summed E-state index contributed by atoms with van der Waals surface area (Å²) < 4.78 is 5.38. The molecule has 1 amide bonds. The second-order valence-electron chi connectivity index (χ2n) is 7.29. The van der Waals surface area contributed by atoms with E-state index in [9.17, 15) is 4.79 Å². The molecule has 0 N–H and O–H groups in total. The maximum atomic E-state index is 13.1. The molecule has 4 nitrogen and oxygen atoms in total. The van der Waals surface area contributed by atoms with Gasteiger partial charge in [-0.25, -0.2) is 4.98 Å². The molecule has 0 bridgehead atoms. The maximum Gasteiger partial charge on any atom is 0.290 e. The van der Waals surface area contributed by atoms with Crippen molar-refractivity contribution in [2.75, 3.05) is 0 Å². The maximum absolute atomic E-state index is 13.1. The van der Waals surface area contributed by atoms with Crippen molar-refractivity contribution in [2.45, 2.75) is 51.6 Å². The number of amides is 1. The van der Waals surface area contributed by atoms with Gasteiger partial charge in [-0.15, -0.1) is 0 Å². The minimum absolute atomic E-state index is 0.0766. The third kappa shape index (κ3) is 3.72. The zero-order chi connectivity index (χ0) is 18.8. The van der Waals surface area contributed by atoms with Crippen LogP contribution in [0.3, 0.4) is 0 Å². The Morgan fingerprint density at radius 2 is 2.04 bits per heavy atom. The average molecular weight is 383 g/mol. The largest absolute Gasteiger partial charge is 0.459 e. The van der Waals surface area contributed by atoms with E-state index in [1.165, 1.54) is 6.42 Å². The van der Waals surface area contributed by atoms with E-state index in [1.54, 1.807) is 18.4 Å². The number of rotatable bonds is 4. The lowest BCUT2D eigenvalue weighted by atomic mass is 9.93. The molecular formula is C22H23ClN2O2. The Labute approximate surface area is 164 Å². The van der Waals surface area contributed by atoms with Crippen LogP contribution < -0.4 is 0 Å². The molecule has 2 heterocycles. The van der Waals surface area contributed by atoms with E-state index in [0.717, 1.165) is 47.7 Å². The molecule has 0 atom stereocenters. The predicted octanol–water partition coefficient (Wildman–Crippen LogP) is 5.76. The molecule has 5 heteroatoms. The highest BCUT2D eigenvalue weighted by molar-refractivity contribution is 6.30. The highest BCUT2D eigenvalue weighted by Gasteiger charge is 2.28. The number of fused-ring (bicyclic) bond motifs is 1. The van der Waals surface area contributed by atoms with E-state index >= 15 is 0 Å². The van der Waals surface area contributed by atoms with Crippen LogP contribution >= 0.6 is 11.6 Å². The number of furan rings is 1. The first-order chi connectivity index (χ1) is 13.1. The van der Waals surface area contributed by atoms with Crippen LogP contribution in [0.15, 0.2) is 47.1 Å². The van der Waals surface area contributed by atoms with Crippen LogP contribution in [0.5, 0.6) is 0 Å². The van der Waals surface area contributed by atoms with Crippen LogP contribution in [0.2, 0.25) is 5.15 Å². The SMILES string of the molecule is Cc1cccc2cc(CN(C(=O)c3ccco3)C3CCCCC3)c(Cl)nc12. The Kier molecular flexibility index (Phi) is 5.17. The van der Waals surface area contributed by atoms with Crippen molar-refractivity contribution in [1.82, 2.24) is 9.88 Å². The standard InChI is InChI=1S/C22H23ClN2O2/c1-15-7-5-8-16-13-17(21(23)24-20(15)16)14-25(18-9-3-2-4-10-18)22(26)19-11-6-12-27-19/h5-8,11-13,18H,2-4,9-10,14H2,1H3. The molecule has 1 saturated carbocycles. The van der Waals surface area contributed by atoms with E-state index < -0.39 is 0 Å². The fraction of sp³-hybridized carbons (Fsp3) is 0.364. The molecule has 140 valence electrons. The number of hydrogen-bond donors (Lipinski definition) is 0. The van der Waals surface area contributed by atoms with Crippen molar-refractivity contribution in [3.8, 4) is 0 Å². The molecule has 4 rings (SSSR count). The smallest absolute Gasteiger partial charge is 0.290 e. The predicted molar refractivity (Wildman–Crippen MR) is 107 cm³/mol. The number of aryl methyl sites for hydroxylation is 1. The van der Waals surface area contributed by atoms with Crippen molar-refractivity contribution in [3.05, 3.63) is 64.7 Å². The second kappa shape index (κ2) is 7.73. The molecule has 1 aliphatic carbocycles. The number of carbonyl (C=O) groups is 1. The van der Waals surface area contributed by atoms with E-state index in [-0.39, 0.29) is 11.9 Å². The molecule has 0 radical (unpaired) electrons. The monoisotopic (exact) mass is 382 g/mol. The van der Waals surface area contributed by atoms with Gasteiger partial charge in [-0.1, -0.05) is 49.1 Å². The fourth-order valence-electron chi connectivity index (χ4n) is 3.96. The van der Waals surface area contributed by atoms with Gasteiger partial charge >= 0.3 is 0 Å². The number of halogens is 1. The summed E-state index contributed by atoms with van der Waals surface area (Å²) in [6.45, 7) is 2.47. The van der Waals surface area contributed by atoms with Crippen molar-refractivity contribution in [2.24, 2.45) is 0 Å². The zero-order valence-electron chi connectivity index (χ0n) is 15.5. The molecule has 1 aliphatic rings. The Balaban J connectivity index is 1.69. The van der Waals surface area contributed by atoms with Gasteiger partial charge in [-0.2, -0.15) is 0 Å². The molecule has 2 aromatic heterocycles. The van der Waals surface area contributed by atoms with E-state index in [4.69, 9.17) is 16.0 Å². The van der Waals surface area contributed by atoms with Gasteiger partial charge in [-0.3, -0.25) is 4.79 Å². The van der Waals surface area contributed by atoms with Crippen molar-refractivity contribution in [3.63, 3.8) is 0 Å². The summed E-state index contributed by atoms with van der Waals surface area (Å²) in [6, 6.07) is 11.8. The van der Waals surface area contributed by atoms with Gasteiger partial charge in [0.05, 0.1) is 11.8 Å². The van der Waals surface area contributed by atoms with E-state index in [2.05, 4.69) is 11.1 Å². The molecule has 0 spiro atoms. The number of para-hydroxylation sites is 1. The first-order valence-electron chi connectivity index (χ1n) is 9.52. The van der Waals surface area contributed by atoms with Crippen LogP contribution in [0.4, 0.5) is 0 Å². The molecule has 1 aromatic carbocycles. The lowest BCUT2D eigenvalue weighted by Gasteiger charge is -2.34. The van der Waals surface area contributed by atoms with Gasteiger partial charge in [0.2, 0.25) is 0 Å². The van der Waals surface area contributed by atoms with Crippen molar-refractivity contribution >= 4 is 28.4 Å². The quantitative estimate of drug-likeness (QED) is 0.538. The first kappa shape index (κ1) is 18.1.